The van der Waals surface area contributed by atoms with Gasteiger partial charge in [-0.25, -0.2) is 9.97 Å². The zero-order valence-electron chi connectivity index (χ0n) is 12.2. The molecule has 1 aliphatic heterocycles. The largest absolute Gasteiger partial charge is 0.381 e. The van der Waals surface area contributed by atoms with Crippen LogP contribution in [0.2, 0.25) is 0 Å². The van der Waals surface area contributed by atoms with Gasteiger partial charge in [0.2, 0.25) is 0 Å². The predicted octanol–water partition coefficient (Wildman–Crippen LogP) is 1.70. The first kappa shape index (κ1) is 14.6. The zero-order valence-corrected chi connectivity index (χ0v) is 12.2. The Kier molecular flexibility index (Phi) is 4.70. The van der Waals surface area contributed by atoms with Crippen molar-refractivity contribution in [1.29, 1.82) is 0 Å². The van der Waals surface area contributed by atoms with E-state index in [0.29, 0.717) is 29.5 Å². The second kappa shape index (κ2) is 7.09. The number of aromatic nitrogens is 3. The summed E-state index contributed by atoms with van der Waals surface area (Å²) in [6, 6.07) is 5.54. The lowest BCUT2D eigenvalue weighted by Gasteiger charge is -2.08. The Morgan fingerprint density at radius 1 is 1.27 bits per heavy atom. The van der Waals surface area contributed by atoms with Crippen LogP contribution in [0.25, 0.3) is 11.5 Å². The number of pyridine rings is 1. The molecule has 0 aliphatic carbocycles. The molecule has 1 aliphatic rings. The molecule has 0 aromatic carbocycles. The summed E-state index contributed by atoms with van der Waals surface area (Å²) in [4.78, 5) is 24.6. The molecule has 1 saturated heterocycles. The lowest BCUT2D eigenvalue weighted by atomic mass is 10.1. The Morgan fingerprint density at radius 3 is 2.82 bits per heavy atom. The molecule has 1 amide bonds. The van der Waals surface area contributed by atoms with Crippen LogP contribution in [0.4, 0.5) is 0 Å². The summed E-state index contributed by atoms with van der Waals surface area (Å²) in [5.41, 5.74) is 1.15. The molecule has 1 N–H and O–H groups in total. The Bertz CT molecular complexity index is 610. The number of amides is 1. The van der Waals surface area contributed by atoms with Gasteiger partial charge in [-0.1, -0.05) is 6.07 Å². The lowest BCUT2D eigenvalue weighted by molar-refractivity contribution is 0.0949. The molecule has 1 atom stereocenters. The van der Waals surface area contributed by atoms with E-state index in [4.69, 9.17) is 4.74 Å². The highest BCUT2D eigenvalue weighted by molar-refractivity contribution is 5.93. The number of nitrogens with one attached hydrogen (secondary N) is 1. The van der Waals surface area contributed by atoms with Gasteiger partial charge in [0.1, 0.15) is 5.69 Å². The lowest BCUT2D eigenvalue weighted by Crippen LogP contribution is -2.26. The van der Waals surface area contributed by atoms with Gasteiger partial charge >= 0.3 is 0 Å². The molecule has 0 radical (unpaired) electrons. The number of hydrogen-bond donors (Lipinski definition) is 1. The predicted molar refractivity (Wildman–Crippen MR) is 81.1 cm³/mol. The molecule has 0 saturated carbocycles. The first-order valence-corrected chi connectivity index (χ1v) is 7.42. The number of carbonyl (C=O) groups excluding carboxylic acids is 1. The van der Waals surface area contributed by atoms with Crippen molar-refractivity contribution < 1.29 is 9.53 Å². The molecule has 1 unspecified atom stereocenters. The molecule has 3 heterocycles. The van der Waals surface area contributed by atoms with Gasteiger partial charge in [0.15, 0.2) is 5.82 Å². The summed E-state index contributed by atoms with van der Waals surface area (Å²) in [6.07, 6.45) is 6.78. The second-order valence-corrected chi connectivity index (χ2v) is 5.28. The van der Waals surface area contributed by atoms with Crippen LogP contribution < -0.4 is 5.32 Å². The number of rotatable bonds is 5. The van der Waals surface area contributed by atoms with Crippen molar-refractivity contribution in [3.8, 4) is 11.5 Å². The number of carbonyl (C=O) groups is 1. The van der Waals surface area contributed by atoms with Crippen LogP contribution in [0.1, 0.15) is 23.2 Å². The third-order valence-corrected chi connectivity index (χ3v) is 3.67. The summed E-state index contributed by atoms with van der Waals surface area (Å²) in [5, 5.41) is 2.89. The fraction of sp³-hybridized carbons (Fsp3) is 0.375. The van der Waals surface area contributed by atoms with Crippen LogP contribution in [0.15, 0.2) is 36.8 Å². The molecule has 114 valence electrons. The van der Waals surface area contributed by atoms with Crippen LogP contribution in [0, 0.1) is 5.92 Å². The van der Waals surface area contributed by atoms with Crippen LogP contribution in [0.3, 0.4) is 0 Å². The smallest absolute Gasteiger partial charge is 0.254 e. The molecule has 22 heavy (non-hydrogen) atoms. The van der Waals surface area contributed by atoms with Crippen LogP contribution in [-0.4, -0.2) is 40.6 Å². The van der Waals surface area contributed by atoms with Crippen molar-refractivity contribution in [3.05, 3.63) is 42.4 Å². The fourth-order valence-corrected chi connectivity index (χ4v) is 2.38. The highest BCUT2D eigenvalue weighted by Crippen LogP contribution is 2.15. The molecule has 0 bridgehead atoms. The maximum atomic E-state index is 12.0. The summed E-state index contributed by atoms with van der Waals surface area (Å²) in [6.45, 7) is 2.29. The van der Waals surface area contributed by atoms with E-state index in [0.717, 1.165) is 26.1 Å². The highest BCUT2D eigenvalue weighted by atomic mass is 16.5. The Hall–Kier alpha value is -2.34. The molecule has 6 heteroatoms. The van der Waals surface area contributed by atoms with Crippen LogP contribution >= 0.6 is 0 Å². The van der Waals surface area contributed by atoms with Crippen LogP contribution in [-0.2, 0) is 4.74 Å². The van der Waals surface area contributed by atoms with E-state index in [-0.39, 0.29) is 5.91 Å². The van der Waals surface area contributed by atoms with Crippen molar-refractivity contribution in [2.24, 2.45) is 5.92 Å². The summed E-state index contributed by atoms with van der Waals surface area (Å²) in [7, 11) is 0. The third kappa shape index (κ3) is 3.65. The van der Waals surface area contributed by atoms with Gasteiger partial charge in [-0.2, -0.15) is 0 Å². The van der Waals surface area contributed by atoms with Gasteiger partial charge in [0.05, 0.1) is 5.56 Å². The molecule has 1 fully saturated rings. The van der Waals surface area contributed by atoms with Crippen molar-refractivity contribution >= 4 is 5.91 Å². The maximum absolute atomic E-state index is 12.0. The Morgan fingerprint density at radius 2 is 2.14 bits per heavy atom. The van der Waals surface area contributed by atoms with Gasteiger partial charge in [-0.05, 0) is 30.9 Å². The van der Waals surface area contributed by atoms with E-state index in [1.807, 2.05) is 18.2 Å². The SMILES string of the molecule is O=C(NCCC1CCOC1)c1cnc(-c2ccccn2)nc1. The average Bonchev–Trinajstić information content (AvgIpc) is 3.09. The summed E-state index contributed by atoms with van der Waals surface area (Å²) >= 11 is 0. The van der Waals surface area contributed by atoms with E-state index in [1.54, 1.807) is 6.20 Å². The molecule has 2 aromatic rings. The topological polar surface area (TPSA) is 77.0 Å². The van der Waals surface area contributed by atoms with Gasteiger partial charge in [0.25, 0.3) is 5.91 Å². The molecular formula is C16H18N4O2. The quantitative estimate of drug-likeness (QED) is 0.909. The maximum Gasteiger partial charge on any atom is 0.254 e. The molecule has 0 spiro atoms. The van der Waals surface area contributed by atoms with E-state index in [9.17, 15) is 4.79 Å². The molecule has 3 rings (SSSR count). The minimum Gasteiger partial charge on any atom is -0.381 e. The van der Waals surface area contributed by atoms with Crippen molar-refractivity contribution in [2.75, 3.05) is 19.8 Å². The third-order valence-electron chi connectivity index (χ3n) is 3.67. The number of hydrogen-bond acceptors (Lipinski definition) is 5. The summed E-state index contributed by atoms with van der Waals surface area (Å²) < 4.78 is 5.32. The molecule has 2 aromatic heterocycles. The van der Waals surface area contributed by atoms with Gasteiger partial charge in [-0.15, -0.1) is 0 Å². The van der Waals surface area contributed by atoms with Crippen molar-refractivity contribution in [1.82, 2.24) is 20.3 Å². The second-order valence-electron chi connectivity index (χ2n) is 5.28. The van der Waals surface area contributed by atoms with Crippen molar-refractivity contribution in [2.45, 2.75) is 12.8 Å². The Labute approximate surface area is 129 Å². The van der Waals surface area contributed by atoms with E-state index in [2.05, 4.69) is 20.3 Å². The van der Waals surface area contributed by atoms with Gasteiger partial charge < -0.3 is 10.1 Å². The summed E-state index contributed by atoms with van der Waals surface area (Å²) in [5.74, 6) is 0.926. The monoisotopic (exact) mass is 298 g/mol. The van der Waals surface area contributed by atoms with Crippen LogP contribution in [0.5, 0.6) is 0 Å². The van der Waals surface area contributed by atoms with E-state index < -0.39 is 0 Å². The standard InChI is InChI=1S/C16H18N4O2/c21-16(18-7-4-12-5-8-22-11-12)13-9-19-15(20-10-13)14-3-1-2-6-17-14/h1-3,6,9-10,12H,4-5,7-8,11H2,(H,18,21). The fourth-order valence-electron chi connectivity index (χ4n) is 2.38. The van der Waals surface area contributed by atoms with E-state index >= 15 is 0 Å². The first-order chi connectivity index (χ1) is 10.8. The minimum atomic E-state index is -0.147. The first-order valence-electron chi connectivity index (χ1n) is 7.42. The molecule has 6 nitrogen and oxygen atoms in total. The Balaban J connectivity index is 1.54. The molecular weight excluding hydrogens is 280 g/mol. The van der Waals surface area contributed by atoms with Crippen molar-refractivity contribution in [3.63, 3.8) is 0 Å². The number of ether oxygens (including phenoxy) is 1. The number of nitrogens with zero attached hydrogens (tertiary/aromatic N) is 3. The normalized spacial score (nSPS) is 17.4. The average molecular weight is 298 g/mol. The highest BCUT2D eigenvalue weighted by Gasteiger charge is 2.15. The zero-order chi connectivity index (χ0) is 15.2. The van der Waals surface area contributed by atoms with Gasteiger partial charge in [-0.3, -0.25) is 9.78 Å². The van der Waals surface area contributed by atoms with E-state index in [1.165, 1.54) is 12.4 Å². The minimum absolute atomic E-state index is 0.147. The van der Waals surface area contributed by atoms with Gasteiger partial charge in [0, 0.05) is 38.3 Å².